The first-order chi connectivity index (χ1) is 8.28. The van der Waals surface area contributed by atoms with E-state index in [0.29, 0.717) is 23.0 Å². The normalized spacial score (nSPS) is 13.4. The molecule has 4 N–H and O–H groups in total. The summed E-state index contributed by atoms with van der Waals surface area (Å²) in [5, 5.41) is 13.5. The van der Waals surface area contributed by atoms with E-state index in [1.807, 2.05) is 20.8 Å². The van der Waals surface area contributed by atoms with Gasteiger partial charge in [0, 0.05) is 17.1 Å². The van der Waals surface area contributed by atoms with Crippen molar-refractivity contribution in [2.24, 2.45) is 0 Å². The monoisotopic (exact) mass is 272 g/mol. The molecule has 0 aliphatic rings. The van der Waals surface area contributed by atoms with Crippen LogP contribution in [0.2, 0.25) is 5.02 Å². The Hall–Kier alpha value is -0.970. The van der Waals surface area contributed by atoms with E-state index in [2.05, 4.69) is 5.32 Å². The van der Waals surface area contributed by atoms with Crippen molar-refractivity contribution < 1.29 is 9.84 Å². The van der Waals surface area contributed by atoms with Crippen molar-refractivity contribution in [1.29, 1.82) is 0 Å². The minimum atomic E-state index is -0.584. The number of nitrogens with one attached hydrogen (secondary N) is 1. The third kappa shape index (κ3) is 5.58. The van der Waals surface area contributed by atoms with Crippen molar-refractivity contribution in [2.45, 2.75) is 32.4 Å². The fourth-order valence-electron chi connectivity index (χ4n) is 1.32. The summed E-state index contributed by atoms with van der Waals surface area (Å²) in [7, 11) is 0. The fraction of sp³-hybridized carbons (Fsp3) is 0.538. The van der Waals surface area contributed by atoms with Crippen LogP contribution in [0.4, 0.5) is 5.69 Å². The van der Waals surface area contributed by atoms with E-state index in [0.717, 1.165) is 0 Å². The van der Waals surface area contributed by atoms with Gasteiger partial charge in [0.2, 0.25) is 0 Å². The van der Waals surface area contributed by atoms with Gasteiger partial charge in [0.25, 0.3) is 0 Å². The van der Waals surface area contributed by atoms with Gasteiger partial charge in [-0.1, -0.05) is 11.6 Å². The Bertz CT molecular complexity index is 391. The molecule has 0 bridgehead atoms. The molecule has 0 aliphatic carbocycles. The van der Waals surface area contributed by atoms with E-state index in [1.54, 1.807) is 18.2 Å². The van der Waals surface area contributed by atoms with Crippen LogP contribution in [0.3, 0.4) is 0 Å². The van der Waals surface area contributed by atoms with Crippen LogP contribution >= 0.6 is 11.6 Å². The number of aliphatic hydroxyl groups is 1. The number of hydrogen-bond donors (Lipinski definition) is 3. The molecule has 0 saturated heterocycles. The van der Waals surface area contributed by atoms with Crippen LogP contribution in [0, 0.1) is 0 Å². The van der Waals surface area contributed by atoms with Crippen LogP contribution in [-0.2, 0) is 0 Å². The smallest absolute Gasteiger partial charge is 0.142 e. The van der Waals surface area contributed by atoms with Gasteiger partial charge >= 0.3 is 0 Å². The SMILES string of the molecule is CC(C)(C)NCC(O)COc1ccc(Cl)cc1N. The molecule has 1 aromatic carbocycles. The molecule has 4 nitrogen and oxygen atoms in total. The lowest BCUT2D eigenvalue weighted by molar-refractivity contribution is 0.100. The van der Waals surface area contributed by atoms with Gasteiger partial charge in [-0.15, -0.1) is 0 Å². The van der Waals surface area contributed by atoms with Gasteiger partial charge in [0.1, 0.15) is 18.5 Å². The Morgan fingerprint density at radius 1 is 1.44 bits per heavy atom. The molecule has 0 spiro atoms. The Balaban J connectivity index is 2.40. The topological polar surface area (TPSA) is 67.5 Å². The lowest BCUT2D eigenvalue weighted by Crippen LogP contribution is -2.42. The van der Waals surface area contributed by atoms with Crippen LogP contribution in [0.5, 0.6) is 5.75 Å². The van der Waals surface area contributed by atoms with Gasteiger partial charge in [-0.05, 0) is 39.0 Å². The maximum Gasteiger partial charge on any atom is 0.142 e. The second kappa shape index (κ2) is 6.27. The lowest BCUT2D eigenvalue weighted by atomic mass is 10.1. The summed E-state index contributed by atoms with van der Waals surface area (Å²) >= 11 is 5.78. The van der Waals surface area contributed by atoms with Gasteiger partial charge < -0.3 is 20.9 Å². The van der Waals surface area contributed by atoms with Crippen LogP contribution < -0.4 is 15.8 Å². The van der Waals surface area contributed by atoms with E-state index in [1.165, 1.54) is 0 Å². The molecule has 0 aliphatic heterocycles. The van der Waals surface area contributed by atoms with Crippen LogP contribution in [0.25, 0.3) is 0 Å². The number of anilines is 1. The van der Waals surface area contributed by atoms with Gasteiger partial charge in [-0.2, -0.15) is 0 Å². The Morgan fingerprint density at radius 3 is 2.67 bits per heavy atom. The lowest BCUT2D eigenvalue weighted by Gasteiger charge is -2.23. The van der Waals surface area contributed by atoms with Crippen molar-refractivity contribution in [3.8, 4) is 5.75 Å². The molecule has 0 aromatic heterocycles. The highest BCUT2D eigenvalue weighted by atomic mass is 35.5. The van der Waals surface area contributed by atoms with E-state index >= 15 is 0 Å². The number of ether oxygens (including phenoxy) is 1. The second-order valence-corrected chi connectivity index (χ2v) is 5.71. The highest BCUT2D eigenvalue weighted by molar-refractivity contribution is 6.30. The summed E-state index contributed by atoms with van der Waals surface area (Å²) in [5.41, 5.74) is 6.19. The first kappa shape index (κ1) is 15.1. The van der Waals surface area contributed by atoms with E-state index < -0.39 is 6.10 Å². The number of benzene rings is 1. The largest absolute Gasteiger partial charge is 0.489 e. The maximum atomic E-state index is 9.76. The summed E-state index contributed by atoms with van der Waals surface area (Å²) in [4.78, 5) is 0. The molecule has 0 heterocycles. The Morgan fingerprint density at radius 2 is 2.11 bits per heavy atom. The number of hydrogen-bond acceptors (Lipinski definition) is 4. The highest BCUT2D eigenvalue weighted by Gasteiger charge is 2.13. The van der Waals surface area contributed by atoms with Gasteiger partial charge in [-0.3, -0.25) is 0 Å². The zero-order chi connectivity index (χ0) is 13.8. The average molecular weight is 273 g/mol. The predicted molar refractivity (Wildman–Crippen MR) is 75.1 cm³/mol. The molecule has 1 unspecified atom stereocenters. The Labute approximate surface area is 113 Å². The third-order valence-electron chi connectivity index (χ3n) is 2.27. The third-order valence-corrected chi connectivity index (χ3v) is 2.51. The van der Waals surface area contributed by atoms with Gasteiger partial charge in [0.05, 0.1) is 5.69 Å². The van der Waals surface area contributed by atoms with Gasteiger partial charge in [0.15, 0.2) is 0 Å². The summed E-state index contributed by atoms with van der Waals surface area (Å²) in [5.74, 6) is 0.536. The molecule has 0 amide bonds. The molecule has 0 radical (unpaired) electrons. The summed E-state index contributed by atoms with van der Waals surface area (Å²) in [6, 6.07) is 5.02. The molecule has 1 atom stereocenters. The maximum absolute atomic E-state index is 9.76. The number of β-amino-alcohol motifs (C(OH)–C–C–N with tert-alkyl or cyclic N) is 1. The molecule has 102 valence electrons. The molecule has 5 heteroatoms. The second-order valence-electron chi connectivity index (χ2n) is 5.28. The molecule has 1 aromatic rings. The summed E-state index contributed by atoms with van der Waals surface area (Å²) in [6.07, 6.45) is -0.584. The zero-order valence-corrected chi connectivity index (χ0v) is 11.8. The number of rotatable bonds is 5. The predicted octanol–water partition coefficient (Wildman–Crippen LogP) is 2.05. The first-order valence-electron chi connectivity index (χ1n) is 5.89. The van der Waals surface area contributed by atoms with E-state index in [-0.39, 0.29) is 12.1 Å². The molecule has 0 fully saturated rings. The van der Waals surface area contributed by atoms with Crippen LogP contribution in [0.15, 0.2) is 18.2 Å². The number of halogens is 1. The minimum Gasteiger partial charge on any atom is -0.489 e. The Kier molecular flexibility index (Phi) is 5.26. The fourth-order valence-corrected chi connectivity index (χ4v) is 1.50. The first-order valence-corrected chi connectivity index (χ1v) is 6.26. The summed E-state index contributed by atoms with van der Waals surface area (Å²) in [6.45, 7) is 6.78. The van der Waals surface area contributed by atoms with E-state index in [4.69, 9.17) is 22.1 Å². The van der Waals surface area contributed by atoms with E-state index in [9.17, 15) is 5.11 Å². The van der Waals surface area contributed by atoms with Gasteiger partial charge in [-0.25, -0.2) is 0 Å². The standard InChI is InChI=1S/C13H21ClN2O2/c1-13(2,3)16-7-10(17)8-18-12-5-4-9(14)6-11(12)15/h4-6,10,16-17H,7-8,15H2,1-3H3. The highest BCUT2D eigenvalue weighted by Crippen LogP contribution is 2.24. The number of nitrogen functional groups attached to an aromatic ring is 1. The minimum absolute atomic E-state index is 0.0275. The zero-order valence-electron chi connectivity index (χ0n) is 11.0. The molecule has 18 heavy (non-hydrogen) atoms. The van der Waals surface area contributed by atoms with Crippen molar-refractivity contribution >= 4 is 17.3 Å². The number of nitrogens with two attached hydrogens (primary N) is 1. The average Bonchev–Trinajstić information content (AvgIpc) is 2.24. The molecule has 0 saturated carbocycles. The van der Waals surface area contributed by atoms with Crippen molar-refractivity contribution in [2.75, 3.05) is 18.9 Å². The van der Waals surface area contributed by atoms with Crippen molar-refractivity contribution in [3.63, 3.8) is 0 Å². The van der Waals surface area contributed by atoms with Crippen LogP contribution in [-0.4, -0.2) is 29.9 Å². The quantitative estimate of drug-likeness (QED) is 0.718. The van der Waals surface area contributed by atoms with Crippen molar-refractivity contribution in [1.82, 2.24) is 5.32 Å². The molecular weight excluding hydrogens is 252 g/mol. The van der Waals surface area contributed by atoms with Crippen molar-refractivity contribution in [3.05, 3.63) is 23.2 Å². The molecular formula is C13H21ClN2O2. The summed E-state index contributed by atoms with van der Waals surface area (Å²) < 4.78 is 5.45. The number of aliphatic hydroxyl groups excluding tert-OH is 1. The molecule has 1 rings (SSSR count). The van der Waals surface area contributed by atoms with Crippen LogP contribution in [0.1, 0.15) is 20.8 Å².